The number of benzene rings is 1. The summed E-state index contributed by atoms with van der Waals surface area (Å²) in [5, 5.41) is 0. The molecule has 1 aromatic carbocycles. The van der Waals surface area contributed by atoms with Gasteiger partial charge in [0.1, 0.15) is 19.3 Å². The second-order valence-electron chi connectivity index (χ2n) is 6.62. The average molecular weight is 369 g/mol. The Kier molecular flexibility index (Phi) is 5.71. The number of fused-ring (bicyclic) bond motifs is 1. The van der Waals surface area contributed by atoms with Gasteiger partial charge in [0.2, 0.25) is 0 Å². The number of likely N-dealkylation sites (tertiary alicyclic amines) is 1. The standard InChI is InChI=1S/C18H24N2O4.ClH/c19-11-12-6-7-16(24-12)18(21)20-8-2-4-14(20)13-3-1-5-15-17(13)23-10-9-22-15;/h1,3,5,12,14,16H,2,4,6-11,19H2;1H/t12-,14?,16+;/m1./s1. The van der Waals surface area contributed by atoms with Crippen LogP contribution < -0.4 is 15.2 Å². The van der Waals surface area contributed by atoms with Gasteiger partial charge >= 0.3 is 0 Å². The molecule has 1 amide bonds. The largest absolute Gasteiger partial charge is 0.486 e. The second kappa shape index (κ2) is 7.81. The summed E-state index contributed by atoms with van der Waals surface area (Å²) in [5.74, 6) is 1.65. The van der Waals surface area contributed by atoms with E-state index in [4.69, 9.17) is 19.9 Å². The van der Waals surface area contributed by atoms with E-state index in [-0.39, 0.29) is 36.6 Å². The minimum Gasteiger partial charge on any atom is -0.486 e. The molecule has 138 valence electrons. The summed E-state index contributed by atoms with van der Waals surface area (Å²) in [7, 11) is 0. The van der Waals surface area contributed by atoms with Crippen LogP contribution in [0.1, 0.15) is 37.3 Å². The normalized spacial score (nSPS) is 27.9. The van der Waals surface area contributed by atoms with Gasteiger partial charge in [-0.1, -0.05) is 12.1 Å². The predicted molar refractivity (Wildman–Crippen MR) is 95.3 cm³/mol. The highest BCUT2D eigenvalue weighted by atomic mass is 35.5. The van der Waals surface area contributed by atoms with Crippen LogP contribution in [0.25, 0.3) is 0 Å². The number of amides is 1. The molecular formula is C18H25ClN2O4. The molecule has 0 spiro atoms. The molecule has 0 bridgehead atoms. The molecule has 4 rings (SSSR count). The summed E-state index contributed by atoms with van der Waals surface area (Å²) in [6.07, 6.45) is 3.23. The third kappa shape index (κ3) is 3.43. The maximum atomic E-state index is 12.9. The molecule has 2 saturated heterocycles. The van der Waals surface area contributed by atoms with Crippen LogP contribution in [0.15, 0.2) is 18.2 Å². The number of rotatable bonds is 3. The van der Waals surface area contributed by atoms with Crippen molar-refractivity contribution in [3.63, 3.8) is 0 Å². The van der Waals surface area contributed by atoms with Crippen molar-refractivity contribution in [3.8, 4) is 11.5 Å². The molecule has 0 radical (unpaired) electrons. The Morgan fingerprint density at radius 1 is 1.20 bits per heavy atom. The SMILES string of the molecule is Cl.NC[C@H]1CC[C@@H](C(=O)N2CCCC2c2cccc3c2OCCO3)O1. The molecule has 2 N–H and O–H groups in total. The molecule has 3 heterocycles. The molecule has 1 aromatic rings. The topological polar surface area (TPSA) is 74.0 Å². The van der Waals surface area contributed by atoms with E-state index in [0.29, 0.717) is 19.8 Å². The van der Waals surface area contributed by atoms with Crippen LogP contribution in [0.3, 0.4) is 0 Å². The first kappa shape index (κ1) is 18.3. The van der Waals surface area contributed by atoms with E-state index in [2.05, 4.69) is 0 Å². The molecule has 3 aliphatic heterocycles. The number of nitrogens with zero attached hydrogens (tertiary/aromatic N) is 1. The third-order valence-corrected chi connectivity index (χ3v) is 5.14. The van der Waals surface area contributed by atoms with Gasteiger partial charge in [-0.2, -0.15) is 0 Å². The lowest BCUT2D eigenvalue weighted by Crippen LogP contribution is -2.39. The van der Waals surface area contributed by atoms with E-state index in [1.54, 1.807) is 0 Å². The zero-order chi connectivity index (χ0) is 16.5. The second-order valence-corrected chi connectivity index (χ2v) is 6.62. The zero-order valence-electron chi connectivity index (χ0n) is 14.2. The van der Waals surface area contributed by atoms with Crippen LogP contribution in [0.5, 0.6) is 11.5 Å². The van der Waals surface area contributed by atoms with Crippen molar-refractivity contribution in [1.29, 1.82) is 0 Å². The summed E-state index contributed by atoms with van der Waals surface area (Å²) in [5.41, 5.74) is 6.71. The fraction of sp³-hybridized carbons (Fsp3) is 0.611. The highest BCUT2D eigenvalue weighted by Gasteiger charge is 2.39. The Balaban J connectivity index is 0.00000182. The average Bonchev–Trinajstić information content (AvgIpc) is 3.30. The van der Waals surface area contributed by atoms with Crippen molar-refractivity contribution in [2.24, 2.45) is 5.73 Å². The Labute approximate surface area is 154 Å². The van der Waals surface area contributed by atoms with Crippen LogP contribution in [-0.2, 0) is 9.53 Å². The Hall–Kier alpha value is -1.50. The summed E-state index contributed by atoms with van der Waals surface area (Å²) >= 11 is 0. The van der Waals surface area contributed by atoms with Gasteiger partial charge in [0, 0.05) is 18.7 Å². The van der Waals surface area contributed by atoms with Gasteiger partial charge in [-0.05, 0) is 31.7 Å². The first-order valence-corrected chi connectivity index (χ1v) is 8.82. The molecule has 25 heavy (non-hydrogen) atoms. The molecule has 6 nitrogen and oxygen atoms in total. The summed E-state index contributed by atoms with van der Waals surface area (Å²) in [6.45, 7) is 2.36. The lowest BCUT2D eigenvalue weighted by Gasteiger charge is -2.30. The number of carbonyl (C=O) groups is 1. The molecule has 0 aromatic heterocycles. The van der Waals surface area contributed by atoms with Crippen molar-refractivity contribution in [3.05, 3.63) is 23.8 Å². The van der Waals surface area contributed by atoms with E-state index in [9.17, 15) is 4.79 Å². The maximum absolute atomic E-state index is 12.9. The molecule has 1 unspecified atom stereocenters. The van der Waals surface area contributed by atoms with Gasteiger partial charge in [0.15, 0.2) is 11.5 Å². The number of hydrogen-bond acceptors (Lipinski definition) is 5. The highest BCUT2D eigenvalue weighted by Crippen LogP contribution is 2.43. The molecular weight excluding hydrogens is 344 g/mol. The van der Waals surface area contributed by atoms with Crippen molar-refractivity contribution in [2.75, 3.05) is 26.3 Å². The lowest BCUT2D eigenvalue weighted by molar-refractivity contribution is -0.143. The van der Waals surface area contributed by atoms with Gasteiger partial charge < -0.3 is 24.8 Å². The fourth-order valence-corrected chi connectivity index (χ4v) is 3.96. The number of hydrogen-bond donors (Lipinski definition) is 1. The Morgan fingerprint density at radius 3 is 2.84 bits per heavy atom. The predicted octanol–water partition coefficient (Wildman–Crippen LogP) is 2.05. The van der Waals surface area contributed by atoms with Crippen LogP contribution in [0.4, 0.5) is 0 Å². The van der Waals surface area contributed by atoms with Crippen LogP contribution in [-0.4, -0.2) is 49.3 Å². The van der Waals surface area contributed by atoms with E-state index in [1.165, 1.54) is 0 Å². The van der Waals surface area contributed by atoms with Crippen molar-refractivity contribution >= 4 is 18.3 Å². The van der Waals surface area contributed by atoms with E-state index < -0.39 is 0 Å². The fourth-order valence-electron chi connectivity index (χ4n) is 3.96. The molecule has 0 saturated carbocycles. The molecule has 3 aliphatic rings. The van der Waals surface area contributed by atoms with Crippen LogP contribution >= 0.6 is 12.4 Å². The number of para-hydroxylation sites is 1. The van der Waals surface area contributed by atoms with Crippen LogP contribution in [0.2, 0.25) is 0 Å². The molecule has 7 heteroatoms. The smallest absolute Gasteiger partial charge is 0.252 e. The monoisotopic (exact) mass is 368 g/mol. The minimum absolute atomic E-state index is 0. The van der Waals surface area contributed by atoms with Gasteiger partial charge in [0.05, 0.1) is 12.1 Å². The van der Waals surface area contributed by atoms with Gasteiger partial charge in [-0.15, -0.1) is 12.4 Å². The zero-order valence-corrected chi connectivity index (χ0v) is 15.0. The maximum Gasteiger partial charge on any atom is 0.252 e. The van der Waals surface area contributed by atoms with Crippen LogP contribution in [0, 0.1) is 0 Å². The van der Waals surface area contributed by atoms with Crippen molar-refractivity contribution in [1.82, 2.24) is 4.90 Å². The molecule has 0 aliphatic carbocycles. The van der Waals surface area contributed by atoms with E-state index in [1.807, 2.05) is 23.1 Å². The van der Waals surface area contributed by atoms with Gasteiger partial charge in [-0.3, -0.25) is 4.79 Å². The first-order valence-electron chi connectivity index (χ1n) is 8.82. The van der Waals surface area contributed by atoms with Crippen molar-refractivity contribution < 1.29 is 19.0 Å². The van der Waals surface area contributed by atoms with E-state index in [0.717, 1.165) is 49.3 Å². The van der Waals surface area contributed by atoms with Crippen molar-refractivity contribution in [2.45, 2.75) is 43.9 Å². The quantitative estimate of drug-likeness (QED) is 0.883. The third-order valence-electron chi connectivity index (χ3n) is 5.14. The number of halogens is 1. The Morgan fingerprint density at radius 2 is 2.04 bits per heavy atom. The number of nitrogens with two attached hydrogens (primary N) is 1. The highest BCUT2D eigenvalue weighted by molar-refractivity contribution is 5.85. The first-order chi connectivity index (χ1) is 11.8. The van der Waals surface area contributed by atoms with E-state index >= 15 is 0 Å². The number of carbonyl (C=O) groups excluding carboxylic acids is 1. The minimum atomic E-state index is -0.351. The summed E-state index contributed by atoms with van der Waals surface area (Å²) in [4.78, 5) is 14.9. The molecule has 3 atom stereocenters. The van der Waals surface area contributed by atoms with Gasteiger partial charge in [0.25, 0.3) is 5.91 Å². The molecule has 2 fully saturated rings. The van der Waals surface area contributed by atoms with Gasteiger partial charge in [-0.25, -0.2) is 0 Å². The number of ether oxygens (including phenoxy) is 3. The lowest BCUT2D eigenvalue weighted by atomic mass is 10.0. The summed E-state index contributed by atoms with van der Waals surface area (Å²) in [6, 6.07) is 5.97. The summed E-state index contributed by atoms with van der Waals surface area (Å²) < 4.78 is 17.3. The Bertz CT molecular complexity index is 627.